The summed E-state index contributed by atoms with van der Waals surface area (Å²) in [6.07, 6.45) is 4.52. The quantitative estimate of drug-likeness (QED) is 0.805. The molecule has 0 aliphatic rings. The molecule has 0 unspecified atom stereocenters. The molecule has 88 valence electrons. The van der Waals surface area contributed by atoms with Gasteiger partial charge < -0.3 is 4.74 Å². The van der Waals surface area contributed by atoms with Gasteiger partial charge in [-0.15, -0.1) is 11.6 Å². The molecule has 0 fully saturated rings. The molecule has 2 aromatic rings. The maximum atomic E-state index is 13.8. The molecule has 3 nitrogen and oxygen atoms in total. The van der Waals surface area contributed by atoms with E-state index in [1.165, 1.54) is 18.5 Å². The summed E-state index contributed by atoms with van der Waals surface area (Å²) in [5, 5.41) is 0. The third kappa shape index (κ3) is 2.92. The van der Waals surface area contributed by atoms with Crippen molar-refractivity contribution in [3.05, 3.63) is 46.6 Å². The summed E-state index contributed by atoms with van der Waals surface area (Å²) in [6.45, 7) is 0. The molecule has 2 rings (SSSR count). The Balaban J connectivity index is 2.30. The lowest BCUT2D eigenvalue weighted by Gasteiger charge is -2.07. The third-order valence-electron chi connectivity index (χ3n) is 1.98. The molecule has 0 aromatic carbocycles. The van der Waals surface area contributed by atoms with Gasteiger partial charge in [0, 0.05) is 22.4 Å². The lowest BCUT2D eigenvalue weighted by molar-refractivity contribution is 0.418. The Labute approximate surface area is 111 Å². The second kappa shape index (κ2) is 5.42. The van der Waals surface area contributed by atoms with Gasteiger partial charge in [-0.1, -0.05) is 0 Å². The largest absolute Gasteiger partial charge is 0.435 e. The standard InChI is InChI=1S/C11H7BrClFN2O/c12-8-3-9(6-15-5-8)17-11-10(14)7(4-13)1-2-16-11/h1-3,5-6H,4H2. The van der Waals surface area contributed by atoms with E-state index in [-0.39, 0.29) is 11.8 Å². The number of pyridine rings is 2. The van der Waals surface area contributed by atoms with Crippen molar-refractivity contribution in [1.29, 1.82) is 0 Å². The van der Waals surface area contributed by atoms with Gasteiger partial charge in [0.1, 0.15) is 5.75 Å². The smallest absolute Gasteiger partial charge is 0.256 e. The minimum absolute atomic E-state index is 0.0709. The molecule has 0 bridgehead atoms. The highest BCUT2D eigenvalue weighted by molar-refractivity contribution is 9.10. The van der Waals surface area contributed by atoms with E-state index >= 15 is 0 Å². The van der Waals surface area contributed by atoms with Crippen molar-refractivity contribution in [2.45, 2.75) is 5.88 Å². The van der Waals surface area contributed by atoms with Crippen LogP contribution in [0.15, 0.2) is 35.2 Å². The van der Waals surface area contributed by atoms with Crippen LogP contribution >= 0.6 is 27.5 Å². The third-order valence-corrected chi connectivity index (χ3v) is 2.70. The number of hydrogen-bond donors (Lipinski definition) is 0. The molecule has 0 saturated carbocycles. The fourth-order valence-corrected chi connectivity index (χ4v) is 1.75. The predicted octanol–water partition coefficient (Wildman–Crippen LogP) is 3.91. The number of aromatic nitrogens is 2. The molecule has 0 radical (unpaired) electrons. The fraction of sp³-hybridized carbons (Fsp3) is 0.0909. The number of nitrogens with zero attached hydrogens (tertiary/aromatic N) is 2. The van der Waals surface area contributed by atoms with Crippen LogP contribution in [-0.2, 0) is 5.88 Å². The highest BCUT2D eigenvalue weighted by Gasteiger charge is 2.11. The Bertz CT molecular complexity index is 539. The Morgan fingerprint density at radius 1 is 1.41 bits per heavy atom. The first-order valence-corrected chi connectivity index (χ1v) is 6.01. The van der Waals surface area contributed by atoms with Crippen LogP contribution in [0.1, 0.15) is 5.56 Å². The Kier molecular flexibility index (Phi) is 3.91. The van der Waals surface area contributed by atoms with Crippen molar-refractivity contribution < 1.29 is 9.13 Å². The van der Waals surface area contributed by atoms with Crippen molar-refractivity contribution in [1.82, 2.24) is 9.97 Å². The van der Waals surface area contributed by atoms with Crippen molar-refractivity contribution >= 4 is 27.5 Å². The molecule has 0 aliphatic heterocycles. The highest BCUT2D eigenvalue weighted by Crippen LogP contribution is 2.25. The predicted molar refractivity (Wildman–Crippen MR) is 65.8 cm³/mol. The van der Waals surface area contributed by atoms with Crippen molar-refractivity contribution in [3.8, 4) is 11.6 Å². The van der Waals surface area contributed by atoms with Crippen molar-refractivity contribution in [2.24, 2.45) is 0 Å². The first-order chi connectivity index (χ1) is 8.20. The zero-order chi connectivity index (χ0) is 12.3. The van der Waals surface area contributed by atoms with Gasteiger partial charge in [-0.3, -0.25) is 4.98 Å². The Morgan fingerprint density at radius 2 is 2.24 bits per heavy atom. The Hall–Kier alpha value is -1.20. The molecule has 0 saturated heterocycles. The van der Waals surface area contributed by atoms with Crippen LogP contribution in [0, 0.1) is 5.82 Å². The first-order valence-electron chi connectivity index (χ1n) is 4.68. The topological polar surface area (TPSA) is 35.0 Å². The summed E-state index contributed by atoms with van der Waals surface area (Å²) >= 11 is 8.83. The van der Waals surface area contributed by atoms with Crippen LogP contribution in [0.5, 0.6) is 11.6 Å². The summed E-state index contributed by atoms with van der Waals surface area (Å²) in [7, 11) is 0. The number of halogens is 3. The van der Waals surface area contributed by atoms with E-state index in [0.717, 1.165) is 4.47 Å². The van der Waals surface area contributed by atoms with Gasteiger partial charge in [-0.05, 0) is 28.1 Å². The monoisotopic (exact) mass is 316 g/mol. The van der Waals surface area contributed by atoms with Crippen molar-refractivity contribution in [2.75, 3.05) is 0 Å². The van der Waals surface area contributed by atoms with E-state index in [1.54, 1.807) is 12.3 Å². The highest BCUT2D eigenvalue weighted by atomic mass is 79.9. The summed E-state index contributed by atoms with van der Waals surface area (Å²) in [5.41, 5.74) is 0.347. The van der Waals surface area contributed by atoms with E-state index in [9.17, 15) is 4.39 Å². The second-order valence-electron chi connectivity index (χ2n) is 3.16. The van der Waals surface area contributed by atoms with E-state index in [4.69, 9.17) is 16.3 Å². The minimum Gasteiger partial charge on any atom is -0.435 e. The molecule has 6 heteroatoms. The number of ether oxygens (including phenoxy) is 1. The number of rotatable bonds is 3. The summed E-state index contributed by atoms with van der Waals surface area (Å²) in [5.74, 6) is -0.190. The molecular formula is C11H7BrClFN2O. The number of hydrogen-bond acceptors (Lipinski definition) is 3. The molecular weight excluding hydrogens is 310 g/mol. The summed E-state index contributed by atoms with van der Waals surface area (Å²) in [6, 6.07) is 3.18. The molecule has 2 aromatic heterocycles. The number of alkyl halides is 1. The van der Waals surface area contributed by atoms with Gasteiger partial charge in [-0.2, -0.15) is 0 Å². The normalized spacial score (nSPS) is 10.3. The van der Waals surface area contributed by atoms with E-state index in [0.29, 0.717) is 11.3 Å². The summed E-state index contributed by atoms with van der Waals surface area (Å²) < 4.78 is 19.8. The van der Waals surface area contributed by atoms with Gasteiger partial charge in [0.2, 0.25) is 0 Å². The molecule has 0 amide bonds. The average molecular weight is 318 g/mol. The van der Waals surface area contributed by atoms with Crippen LogP contribution in [-0.4, -0.2) is 9.97 Å². The van der Waals surface area contributed by atoms with E-state index < -0.39 is 5.82 Å². The van der Waals surface area contributed by atoms with Crippen LogP contribution in [0.3, 0.4) is 0 Å². The molecule has 0 aliphatic carbocycles. The lowest BCUT2D eigenvalue weighted by atomic mass is 10.3. The lowest BCUT2D eigenvalue weighted by Crippen LogP contribution is -1.96. The SMILES string of the molecule is Fc1c(CCl)ccnc1Oc1cncc(Br)c1. The van der Waals surface area contributed by atoms with Crippen LogP contribution in [0.25, 0.3) is 0 Å². The van der Waals surface area contributed by atoms with Crippen LogP contribution in [0.4, 0.5) is 4.39 Å². The van der Waals surface area contributed by atoms with Gasteiger partial charge in [0.15, 0.2) is 5.82 Å². The van der Waals surface area contributed by atoms with Crippen LogP contribution < -0.4 is 4.74 Å². The first kappa shape index (κ1) is 12.3. The van der Waals surface area contributed by atoms with Gasteiger partial charge in [0.05, 0.1) is 12.1 Å². The maximum Gasteiger partial charge on any atom is 0.256 e. The zero-order valence-corrected chi connectivity index (χ0v) is 10.9. The van der Waals surface area contributed by atoms with Gasteiger partial charge in [0.25, 0.3) is 5.88 Å². The minimum atomic E-state index is -0.553. The second-order valence-corrected chi connectivity index (χ2v) is 4.35. The van der Waals surface area contributed by atoms with Gasteiger partial charge >= 0.3 is 0 Å². The van der Waals surface area contributed by atoms with Crippen molar-refractivity contribution in [3.63, 3.8) is 0 Å². The summed E-state index contributed by atoms with van der Waals surface area (Å²) in [4.78, 5) is 7.72. The van der Waals surface area contributed by atoms with Gasteiger partial charge in [-0.25, -0.2) is 9.37 Å². The maximum absolute atomic E-state index is 13.8. The van der Waals surface area contributed by atoms with E-state index in [2.05, 4.69) is 25.9 Å². The zero-order valence-electron chi connectivity index (χ0n) is 8.53. The van der Waals surface area contributed by atoms with Crippen LogP contribution in [0.2, 0.25) is 0 Å². The molecule has 2 heterocycles. The average Bonchev–Trinajstić information content (AvgIpc) is 2.32. The van der Waals surface area contributed by atoms with E-state index in [1.807, 2.05) is 0 Å². The molecule has 0 N–H and O–H groups in total. The molecule has 0 spiro atoms. The Morgan fingerprint density at radius 3 is 2.94 bits per heavy atom. The molecule has 17 heavy (non-hydrogen) atoms. The fourth-order valence-electron chi connectivity index (χ4n) is 1.20. The molecule has 0 atom stereocenters.